The highest BCUT2D eigenvalue weighted by Gasteiger charge is 2.20. The Kier molecular flexibility index (Phi) is 5.22. The van der Waals surface area contributed by atoms with Gasteiger partial charge in [0, 0.05) is 45.5 Å². The molecule has 0 fully saturated rings. The SMILES string of the molecule is Cc1n[nH]c(C)c1CCCN(C)c1nc(N(C)C)nc2c1CCNC2. The number of nitrogens with one attached hydrogen (secondary N) is 2. The van der Waals surface area contributed by atoms with E-state index in [0.29, 0.717) is 0 Å². The molecule has 25 heavy (non-hydrogen) atoms. The number of nitrogens with zero attached hydrogens (tertiary/aromatic N) is 5. The first-order valence-corrected chi connectivity index (χ1v) is 8.96. The van der Waals surface area contributed by atoms with Crippen molar-refractivity contribution in [3.8, 4) is 0 Å². The Morgan fingerprint density at radius 2 is 1.92 bits per heavy atom. The Balaban J connectivity index is 1.74. The molecule has 2 N–H and O–H groups in total. The molecular formula is C18H29N7. The Bertz CT molecular complexity index is 716. The van der Waals surface area contributed by atoms with Gasteiger partial charge >= 0.3 is 0 Å². The third kappa shape index (κ3) is 3.76. The number of hydrogen-bond donors (Lipinski definition) is 2. The van der Waals surface area contributed by atoms with Crippen LogP contribution in [-0.2, 0) is 19.4 Å². The first-order chi connectivity index (χ1) is 12.0. The topological polar surface area (TPSA) is 73.0 Å². The third-order valence-corrected chi connectivity index (χ3v) is 4.87. The maximum Gasteiger partial charge on any atom is 0.227 e. The molecule has 0 aliphatic carbocycles. The predicted molar refractivity (Wildman–Crippen MR) is 101 cm³/mol. The van der Waals surface area contributed by atoms with Crippen molar-refractivity contribution in [2.24, 2.45) is 0 Å². The molecule has 1 aliphatic heterocycles. The van der Waals surface area contributed by atoms with E-state index in [1.165, 1.54) is 16.8 Å². The number of fused-ring (bicyclic) bond motifs is 1. The molecule has 0 aromatic carbocycles. The Morgan fingerprint density at radius 3 is 2.60 bits per heavy atom. The Labute approximate surface area is 149 Å². The fraction of sp³-hybridized carbons (Fsp3) is 0.611. The van der Waals surface area contributed by atoms with Crippen LogP contribution in [0.5, 0.6) is 0 Å². The number of aromatic nitrogens is 4. The molecule has 0 bridgehead atoms. The van der Waals surface area contributed by atoms with Crippen molar-refractivity contribution in [2.45, 2.75) is 39.7 Å². The van der Waals surface area contributed by atoms with E-state index < -0.39 is 0 Å². The average Bonchev–Trinajstić information content (AvgIpc) is 2.92. The van der Waals surface area contributed by atoms with Crippen LogP contribution in [0.2, 0.25) is 0 Å². The van der Waals surface area contributed by atoms with Gasteiger partial charge in [-0.15, -0.1) is 0 Å². The first kappa shape index (κ1) is 17.7. The molecule has 1 aliphatic rings. The molecule has 0 radical (unpaired) electrons. The smallest absolute Gasteiger partial charge is 0.227 e. The average molecular weight is 343 g/mol. The van der Waals surface area contributed by atoms with Gasteiger partial charge in [-0.05, 0) is 45.2 Å². The maximum absolute atomic E-state index is 4.83. The summed E-state index contributed by atoms with van der Waals surface area (Å²) in [5.74, 6) is 1.86. The zero-order chi connectivity index (χ0) is 18.0. The molecule has 0 saturated heterocycles. The van der Waals surface area contributed by atoms with E-state index in [0.717, 1.165) is 62.1 Å². The summed E-state index contributed by atoms with van der Waals surface area (Å²) in [6.07, 6.45) is 3.10. The molecule has 0 saturated carbocycles. The molecule has 0 amide bonds. The summed E-state index contributed by atoms with van der Waals surface area (Å²) in [7, 11) is 6.12. The Morgan fingerprint density at radius 1 is 1.12 bits per heavy atom. The second kappa shape index (κ2) is 7.39. The lowest BCUT2D eigenvalue weighted by Crippen LogP contribution is -2.31. The summed E-state index contributed by atoms with van der Waals surface area (Å²) >= 11 is 0. The summed E-state index contributed by atoms with van der Waals surface area (Å²) in [5.41, 5.74) is 6.06. The lowest BCUT2D eigenvalue weighted by atomic mass is 10.1. The van der Waals surface area contributed by atoms with E-state index in [1.807, 2.05) is 19.0 Å². The number of hydrogen-bond acceptors (Lipinski definition) is 6. The molecule has 3 heterocycles. The van der Waals surface area contributed by atoms with Gasteiger partial charge in [-0.1, -0.05) is 0 Å². The van der Waals surface area contributed by atoms with Crippen LogP contribution in [0.25, 0.3) is 0 Å². The fourth-order valence-electron chi connectivity index (χ4n) is 3.38. The molecule has 0 spiro atoms. The molecule has 2 aromatic rings. The van der Waals surface area contributed by atoms with Gasteiger partial charge in [0.15, 0.2) is 0 Å². The van der Waals surface area contributed by atoms with Gasteiger partial charge in [-0.25, -0.2) is 4.98 Å². The molecule has 136 valence electrons. The number of aryl methyl sites for hydroxylation is 2. The second-order valence-electron chi connectivity index (χ2n) is 7.03. The molecule has 0 atom stereocenters. The summed E-state index contributed by atoms with van der Waals surface area (Å²) in [6.45, 7) is 6.95. The standard InChI is InChI=1S/C18H29N7/c1-12-14(13(2)23-22-12)7-6-10-25(5)17-15-8-9-19-11-16(15)20-18(21-17)24(3)4/h19H,6-11H2,1-5H3,(H,22,23). The quantitative estimate of drug-likeness (QED) is 0.830. The van der Waals surface area contributed by atoms with Crippen LogP contribution in [0.15, 0.2) is 0 Å². The van der Waals surface area contributed by atoms with Crippen LogP contribution < -0.4 is 15.1 Å². The van der Waals surface area contributed by atoms with Crippen molar-refractivity contribution < 1.29 is 0 Å². The highest BCUT2D eigenvalue weighted by atomic mass is 15.3. The second-order valence-corrected chi connectivity index (χ2v) is 7.03. The van der Waals surface area contributed by atoms with E-state index in [1.54, 1.807) is 0 Å². The zero-order valence-corrected chi connectivity index (χ0v) is 16.0. The van der Waals surface area contributed by atoms with Crippen molar-refractivity contribution in [2.75, 3.05) is 44.0 Å². The van der Waals surface area contributed by atoms with Crippen molar-refractivity contribution in [3.63, 3.8) is 0 Å². The summed E-state index contributed by atoms with van der Waals surface area (Å²) < 4.78 is 0. The zero-order valence-electron chi connectivity index (χ0n) is 16.0. The summed E-state index contributed by atoms with van der Waals surface area (Å²) in [6, 6.07) is 0. The summed E-state index contributed by atoms with van der Waals surface area (Å²) in [5, 5.41) is 10.8. The minimum absolute atomic E-state index is 0.783. The van der Waals surface area contributed by atoms with Gasteiger partial charge in [0.05, 0.1) is 11.4 Å². The third-order valence-electron chi connectivity index (χ3n) is 4.87. The van der Waals surface area contributed by atoms with E-state index in [9.17, 15) is 0 Å². The minimum Gasteiger partial charge on any atom is -0.359 e. The van der Waals surface area contributed by atoms with Crippen LogP contribution in [0.4, 0.5) is 11.8 Å². The van der Waals surface area contributed by atoms with Crippen LogP contribution in [-0.4, -0.2) is 54.4 Å². The van der Waals surface area contributed by atoms with Crippen molar-refractivity contribution in [1.82, 2.24) is 25.5 Å². The lowest BCUT2D eigenvalue weighted by molar-refractivity contribution is 0.619. The number of aromatic amines is 1. The van der Waals surface area contributed by atoms with Crippen molar-refractivity contribution >= 4 is 11.8 Å². The highest BCUT2D eigenvalue weighted by Crippen LogP contribution is 2.25. The molecule has 0 unspecified atom stereocenters. The van der Waals surface area contributed by atoms with Gasteiger partial charge in [0.25, 0.3) is 0 Å². The molecule has 7 heteroatoms. The van der Waals surface area contributed by atoms with E-state index >= 15 is 0 Å². The first-order valence-electron chi connectivity index (χ1n) is 8.96. The molecule has 2 aromatic heterocycles. The number of anilines is 2. The van der Waals surface area contributed by atoms with Crippen LogP contribution >= 0.6 is 0 Å². The minimum atomic E-state index is 0.783. The van der Waals surface area contributed by atoms with Crippen LogP contribution in [0, 0.1) is 13.8 Å². The molecular weight excluding hydrogens is 314 g/mol. The van der Waals surface area contributed by atoms with Gasteiger partial charge < -0.3 is 15.1 Å². The van der Waals surface area contributed by atoms with Crippen molar-refractivity contribution in [3.05, 3.63) is 28.2 Å². The summed E-state index contributed by atoms with van der Waals surface area (Å²) in [4.78, 5) is 13.8. The van der Waals surface area contributed by atoms with E-state index in [4.69, 9.17) is 9.97 Å². The van der Waals surface area contributed by atoms with Crippen LogP contribution in [0.3, 0.4) is 0 Å². The highest BCUT2D eigenvalue weighted by molar-refractivity contribution is 5.53. The maximum atomic E-state index is 4.83. The van der Waals surface area contributed by atoms with Gasteiger partial charge in [0.1, 0.15) is 5.82 Å². The van der Waals surface area contributed by atoms with E-state index in [2.05, 4.69) is 41.3 Å². The number of rotatable bonds is 6. The van der Waals surface area contributed by atoms with Crippen molar-refractivity contribution in [1.29, 1.82) is 0 Å². The Hall–Kier alpha value is -2.15. The van der Waals surface area contributed by atoms with Gasteiger partial charge in [-0.3, -0.25) is 5.10 Å². The van der Waals surface area contributed by atoms with E-state index in [-0.39, 0.29) is 0 Å². The lowest BCUT2D eigenvalue weighted by Gasteiger charge is -2.27. The number of H-pyrrole nitrogens is 1. The van der Waals surface area contributed by atoms with Crippen LogP contribution in [0.1, 0.15) is 34.6 Å². The normalized spacial score (nSPS) is 13.6. The fourth-order valence-corrected chi connectivity index (χ4v) is 3.38. The monoisotopic (exact) mass is 343 g/mol. The molecule has 3 rings (SSSR count). The largest absolute Gasteiger partial charge is 0.359 e. The van der Waals surface area contributed by atoms with Gasteiger partial charge in [0.2, 0.25) is 5.95 Å². The van der Waals surface area contributed by atoms with Gasteiger partial charge in [-0.2, -0.15) is 10.1 Å². The predicted octanol–water partition coefficient (Wildman–Crippen LogP) is 1.60. The molecule has 7 nitrogen and oxygen atoms in total.